The van der Waals surface area contributed by atoms with E-state index in [1.165, 1.54) is 17.7 Å². The monoisotopic (exact) mass is 414 g/mol. The van der Waals surface area contributed by atoms with Gasteiger partial charge in [0.2, 0.25) is 0 Å². The van der Waals surface area contributed by atoms with Crippen LogP contribution in [0.1, 0.15) is 35.6 Å². The highest BCUT2D eigenvalue weighted by Crippen LogP contribution is 2.36. The summed E-state index contributed by atoms with van der Waals surface area (Å²) in [4.78, 5) is 0. The predicted molar refractivity (Wildman–Crippen MR) is 104 cm³/mol. The van der Waals surface area contributed by atoms with E-state index in [1.54, 1.807) is 7.11 Å². The molecule has 0 spiro atoms. The highest BCUT2D eigenvalue weighted by molar-refractivity contribution is 7.80. The first kappa shape index (κ1) is 19.8. The second kappa shape index (κ2) is 7.94. The van der Waals surface area contributed by atoms with Crippen LogP contribution in [0.3, 0.4) is 0 Å². The maximum Gasteiger partial charge on any atom is 0.417 e. The molecule has 2 aromatic carbocycles. The number of ether oxygens (including phenoxy) is 1. The smallest absolute Gasteiger partial charge is 0.417 e. The first-order chi connectivity index (χ1) is 12.8. The Hall–Kier alpha value is -1.99. The Labute approximate surface area is 165 Å². The minimum atomic E-state index is -4.52. The minimum absolute atomic E-state index is 0.00552. The molecule has 1 atom stereocenters. The van der Waals surface area contributed by atoms with Crippen molar-refractivity contribution in [3.63, 3.8) is 0 Å². The van der Waals surface area contributed by atoms with Crippen LogP contribution in [-0.2, 0) is 12.6 Å². The van der Waals surface area contributed by atoms with Gasteiger partial charge in [-0.05, 0) is 72.9 Å². The Balaban J connectivity index is 1.73. The van der Waals surface area contributed by atoms with Gasteiger partial charge >= 0.3 is 6.18 Å². The zero-order chi connectivity index (χ0) is 19.6. The second-order valence-electron chi connectivity index (χ2n) is 6.30. The van der Waals surface area contributed by atoms with Crippen molar-refractivity contribution in [2.75, 3.05) is 12.4 Å². The fourth-order valence-electron chi connectivity index (χ4n) is 3.21. The summed E-state index contributed by atoms with van der Waals surface area (Å²) in [5.74, 6) is 0.802. The molecule has 0 bridgehead atoms. The number of hydrogen-bond donors (Lipinski definition) is 2. The molecule has 2 aromatic rings. The number of nitrogens with one attached hydrogen (secondary N) is 2. The summed E-state index contributed by atoms with van der Waals surface area (Å²) in [6, 6.07) is 9.52. The van der Waals surface area contributed by atoms with Gasteiger partial charge in [-0.15, -0.1) is 0 Å². The highest BCUT2D eigenvalue weighted by Gasteiger charge is 2.33. The van der Waals surface area contributed by atoms with Crippen LogP contribution in [0.25, 0.3) is 0 Å². The van der Waals surface area contributed by atoms with E-state index >= 15 is 0 Å². The molecule has 0 aromatic heterocycles. The van der Waals surface area contributed by atoms with Gasteiger partial charge in [0.25, 0.3) is 0 Å². The molecule has 0 radical (unpaired) electrons. The Morgan fingerprint density at radius 3 is 2.70 bits per heavy atom. The van der Waals surface area contributed by atoms with Crippen molar-refractivity contribution in [1.29, 1.82) is 0 Å². The molecule has 1 unspecified atom stereocenters. The van der Waals surface area contributed by atoms with Gasteiger partial charge in [0.15, 0.2) is 5.11 Å². The van der Waals surface area contributed by atoms with Crippen molar-refractivity contribution in [2.24, 2.45) is 0 Å². The SMILES string of the molecule is COc1ccc2c(c1)CCCC2NC(=S)Nc1ccc(Cl)c(C(F)(F)F)c1. The number of benzene rings is 2. The van der Waals surface area contributed by atoms with Crippen LogP contribution < -0.4 is 15.4 Å². The fraction of sp³-hybridized carbons (Fsp3) is 0.316. The van der Waals surface area contributed by atoms with E-state index < -0.39 is 11.7 Å². The number of anilines is 1. The summed E-state index contributed by atoms with van der Waals surface area (Å²) in [6.07, 6.45) is -1.70. The molecule has 0 aliphatic heterocycles. The lowest BCUT2D eigenvalue weighted by Gasteiger charge is -2.28. The van der Waals surface area contributed by atoms with Crippen molar-refractivity contribution < 1.29 is 17.9 Å². The van der Waals surface area contributed by atoms with Gasteiger partial charge in [-0.25, -0.2) is 0 Å². The molecule has 0 saturated carbocycles. The molecular formula is C19H18ClF3N2OS. The Bertz CT molecular complexity index is 857. The van der Waals surface area contributed by atoms with E-state index in [0.717, 1.165) is 36.6 Å². The fourth-order valence-corrected chi connectivity index (χ4v) is 3.70. The van der Waals surface area contributed by atoms with Crippen molar-refractivity contribution in [1.82, 2.24) is 5.32 Å². The molecule has 1 aliphatic carbocycles. The predicted octanol–water partition coefficient (Wildman–Crippen LogP) is 5.73. The van der Waals surface area contributed by atoms with E-state index in [1.807, 2.05) is 18.2 Å². The van der Waals surface area contributed by atoms with E-state index in [4.69, 9.17) is 28.6 Å². The van der Waals surface area contributed by atoms with E-state index in [0.29, 0.717) is 0 Å². The van der Waals surface area contributed by atoms with Crippen LogP contribution in [-0.4, -0.2) is 12.2 Å². The van der Waals surface area contributed by atoms with Crippen LogP contribution in [0, 0.1) is 0 Å². The van der Waals surface area contributed by atoms with Gasteiger partial charge in [0.1, 0.15) is 5.75 Å². The molecule has 2 N–H and O–H groups in total. The quantitative estimate of drug-likeness (QED) is 0.628. The number of thiocarbonyl (C=S) groups is 1. The summed E-state index contributed by atoms with van der Waals surface area (Å²) in [6.45, 7) is 0. The normalized spacial score (nSPS) is 16.4. The zero-order valence-corrected chi connectivity index (χ0v) is 16.1. The summed E-state index contributed by atoms with van der Waals surface area (Å²) in [7, 11) is 1.63. The van der Waals surface area contributed by atoms with Crippen LogP contribution >= 0.6 is 23.8 Å². The van der Waals surface area contributed by atoms with Crippen LogP contribution in [0.4, 0.5) is 18.9 Å². The molecular weight excluding hydrogens is 397 g/mol. The zero-order valence-electron chi connectivity index (χ0n) is 14.5. The minimum Gasteiger partial charge on any atom is -0.497 e. The standard InChI is InChI=1S/C19H18ClF3N2OS/c1-26-13-6-7-14-11(9-13)3-2-4-17(14)25-18(27)24-12-5-8-16(20)15(10-12)19(21,22)23/h5-10,17H,2-4H2,1H3,(H2,24,25,27). The molecule has 27 heavy (non-hydrogen) atoms. The molecule has 3 rings (SSSR count). The average molecular weight is 415 g/mol. The highest BCUT2D eigenvalue weighted by atomic mass is 35.5. The van der Waals surface area contributed by atoms with Crippen molar-refractivity contribution in [3.8, 4) is 5.75 Å². The molecule has 0 fully saturated rings. The third-order valence-corrected chi connectivity index (χ3v) is 5.05. The lowest BCUT2D eigenvalue weighted by atomic mass is 9.87. The summed E-state index contributed by atoms with van der Waals surface area (Å²) in [5, 5.41) is 5.94. The van der Waals surface area contributed by atoms with Gasteiger partial charge in [0, 0.05) is 5.69 Å². The number of rotatable bonds is 3. The third-order valence-electron chi connectivity index (χ3n) is 4.50. The molecule has 3 nitrogen and oxygen atoms in total. The maximum atomic E-state index is 13.0. The van der Waals surface area contributed by atoms with Gasteiger partial charge in [0.05, 0.1) is 23.7 Å². The number of alkyl halides is 3. The summed E-state index contributed by atoms with van der Waals surface area (Å²) < 4.78 is 44.2. The number of methoxy groups -OCH3 is 1. The van der Waals surface area contributed by atoms with Crippen LogP contribution in [0.15, 0.2) is 36.4 Å². The van der Waals surface area contributed by atoms with Gasteiger partial charge in [-0.1, -0.05) is 17.7 Å². The molecule has 1 aliphatic rings. The van der Waals surface area contributed by atoms with E-state index in [9.17, 15) is 13.2 Å². The summed E-state index contributed by atoms with van der Waals surface area (Å²) in [5.41, 5.74) is 1.65. The van der Waals surface area contributed by atoms with Crippen molar-refractivity contribution in [3.05, 3.63) is 58.1 Å². The maximum absolute atomic E-state index is 13.0. The largest absolute Gasteiger partial charge is 0.497 e. The lowest BCUT2D eigenvalue weighted by molar-refractivity contribution is -0.137. The second-order valence-corrected chi connectivity index (χ2v) is 7.12. The van der Waals surface area contributed by atoms with E-state index in [-0.39, 0.29) is 21.9 Å². The van der Waals surface area contributed by atoms with Crippen molar-refractivity contribution in [2.45, 2.75) is 31.5 Å². The first-order valence-electron chi connectivity index (χ1n) is 8.39. The Kier molecular flexibility index (Phi) is 5.81. The van der Waals surface area contributed by atoms with Gasteiger partial charge in [-0.3, -0.25) is 0 Å². The van der Waals surface area contributed by atoms with Crippen molar-refractivity contribution >= 4 is 34.6 Å². The first-order valence-corrected chi connectivity index (χ1v) is 9.17. The Morgan fingerprint density at radius 2 is 2.00 bits per heavy atom. The molecule has 0 heterocycles. The number of aryl methyl sites for hydroxylation is 1. The topological polar surface area (TPSA) is 33.3 Å². The van der Waals surface area contributed by atoms with Gasteiger partial charge in [-0.2, -0.15) is 13.2 Å². The molecule has 8 heteroatoms. The lowest BCUT2D eigenvalue weighted by Crippen LogP contribution is -2.34. The van der Waals surface area contributed by atoms with Crippen LogP contribution in [0.2, 0.25) is 5.02 Å². The average Bonchev–Trinajstić information content (AvgIpc) is 2.62. The van der Waals surface area contributed by atoms with E-state index in [2.05, 4.69) is 10.6 Å². The van der Waals surface area contributed by atoms with Gasteiger partial charge < -0.3 is 15.4 Å². The number of hydrogen-bond acceptors (Lipinski definition) is 2. The number of fused-ring (bicyclic) bond motifs is 1. The summed E-state index contributed by atoms with van der Waals surface area (Å²) >= 11 is 11.0. The molecule has 0 amide bonds. The molecule has 0 saturated heterocycles. The number of halogens is 4. The third kappa shape index (κ3) is 4.65. The Morgan fingerprint density at radius 1 is 1.22 bits per heavy atom. The molecule has 144 valence electrons. The van der Waals surface area contributed by atoms with Crippen LogP contribution in [0.5, 0.6) is 5.75 Å².